The highest BCUT2D eigenvalue weighted by Gasteiger charge is 2.35. The van der Waals surface area contributed by atoms with Crippen molar-refractivity contribution in [3.63, 3.8) is 0 Å². The third-order valence-electron chi connectivity index (χ3n) is 3.52. The second kappa shape index (κ2) is 5.38. The lowest BCUT2D eigenvalue weighted by Gasteiger charge is -2.21. The third-order valence-corrected chi connectivity index (χ3v) is 4.38. The van der Waals surface area contributed by atoms with Crippen molar-refractivity contribution in [3.05, 3.63) is 40.4 Å². The van der Waals surface area contributed by atoms with E-state index in [1.165, 1.54) is 5.38 Å². The highest BCUT2D eigenvalue weighted by molar-refractivity contribution is 7.13. The molecule has 5 nitrogen and oxygen atoms in total. The molecule has 0 amide bonds. The van der Waals surface area contributed by atoms with E-state index in [4.69, 9.17) is 9.84 Å². The van der Waals surface area contributed by atoms with Crippen molar-refractivity contribution in [2.24, 2.45) is 0 Å². The van der Waals surface area contributed by atoms with E-state index >= 15 is 0 Å². The first-order chi connectivity index (χ1) is 10.4. The molecule has 1 unspecified atom stereocenters. The predicted molar refractivity (Wildman–Crippen MR) is 73.8 cm³/mol. The molecule has 0 radical (unpaired) electrons. The van der Waals surface area contributed by atoms with Crippen LogP contribution in [0, 0.1) is 11.6 Å². The van der Waals surface area contributed by atoms with Crippen LogP contribution in [0.15, 0.2) is 17.5 Å². The van der Waals surface area contributed by atoms with Crippen molar-refractivity contribution < 1.29 is 28.5 Å². The van der Waals surface area contributed by atoms with E-state index in [9.17, 15) is 18.7 Å². The molecule has 0 bridgehead atoms. The number of thiazole rings is 1. The van der Waals surface area contributed by atoms with Gasteiger partial charge in [-0.2, -0.15) is 0 Å². The van der Waals surface area contributed by atoms with Gasteiger partial charge in [-0.3, -0.25) is 0 Å². The maximum atomic E-state index is 14.3. The van der Waals surface area contributed by atoms with Gasteiger partial charge >= 0.3 is 5.97 Å². The Labute approximate surface area is 127 Å². The number of aliphatic hydroxyl groups is 1. The van der Waals surface area contributed by atoms with Gasteiger partial charge in [0, 0.05) is 18.4 Å². The zero-order valence-electron chi connectivity index (χ0n) is 11.2. The molecule has 1 fully saturated rings. The second-order valence-corrected chi connectivity index (χ2v) is 5.85. The first-order valence-corrected chi connectivity index (χ1v) is 7.27. The van der Waals surface area contributed by atoms with Crippen molar-refractivity contribution >= 4 is 17.3 Å². The number of carboxylic acid groups (broad SMARTS) is 1. The van der Waals surface area contributed by atoms with Crippen LogP contribution in [0.5, 0.6) is 0 Å². The molecule has 2 N–H and O–H groups in total. The monoisotopic (exact) mass is 327 g/mol. The number of aromatic nitrogens is 1. The van der Waals surface area contributed by atoms with Gasteiger partial charge in [0.25, 0.3) is 0 Å². The summed E-state index contributed by atoms with van der Waals surface area (Å²) < 4.78 is 33.6. The van der Waals surface area contributed by atoms with Gasteiger partial charge < -0.3 is 14.9 Å². The molecule has 0 aliphatic carbocycles. The minimum absolute atomic E-state index is 0.0222. The zero-order valence-corrected chi connectivity index (χ0v) is 12.0. The van der Waals surface area contributed by atoms with Gasteiger partial charge in [0.1, 0.15) is 22.2 Å². The highest BCUT2D eigenvalue weighted by atomic mass is 32.1. The van der Waals surface area contributed by atoms with Crippen LogP contribution in [-0.4, -0.2) is 34.4 Å². The van der Waals surface area contributed by atoms with E-state index in [0.29, 0.717) is 6.61 Å². The molecule has 8 heteroatoms. The number of nitrogens with zero attached hydrogens (tertiary/aromatic N) is 1. The summed E-state index contributed by atoms with van der Waals surface area (Å²) in [6, 6.07) is 2.07. The SMILES string of the molecule is O=C(O)c1csc(-c2c(F)cc(C3(O)CCOC3)cc2F)n1. The van der Waals surface area contributed by atoms with Gasteiger partial charge in [0.15, 0.2) is 5.69 Å². The average Bonchev–Trinajstić information content (AvgIpc) is 3.08. The summed E-state index contributed by atoms with van der Waals surface area (Å²) >= 11 is 0.837. The number of benzene rings is 1. The fourth-order valence-corrected chi connectivity index (χ4v) is 3.16. The Hall–Kier alpha value is -1.90. The van der Waals surface area contributed by atoms with Gasteiger partial charge in [-0.15, -0.1) is 11.3 Å². The Morgan fingerprint density at radius 2 is 2.05 bits per heavy atom. The smallest absolute Gasteiger partial charge is 0.355 e. The Bertz CT molecular complexity index is 717. The number of hydrogen-bond donors (Lipinski definition) is 2. The molecule has 1 aliphatic rings. The number of carbonyl (C=O) groups is 1. The van der Waals surface area contributed by atoms with Crippen molar-refractivity contribution in [1.29, 1.82) is 0 Å². The van der Waals surface area contributed by atoms with Crippen LogP contribution in [-0.2, 0) is 10.3 Å². The minimum Gasteiger partial charge on any atom is -0.476 e. The van der Waals surface area contributed by atoms with Gasteiger partial charge in [0.2, 0.25) is 0 Å². The Morgan fingerprint density at radius 3 is 2.55 bits per heavy atom. The standard InChI is InChI=1S/C14H11F2NO4S/c15-8-3-7(14(20)1-2-21-6-14)4-9(16)11(8)12-17-10(5-22-12)13(18)19/h3-5,20H,1-2,6H2,(H,18,19). The summed E-state index contributed by atoms with van der Waals surface area (Å²) in [6.07, 6.45) is 0.256. The van der Waals surface area contributed by atoms with Crippen LogP contribution in [0.4, 0.5) is 8.78 Å². The summed E-state index contributed by atoms with van der Waals surface area (Å²) in [4.78, 5) is 14.5. The van der Waals surface area contributed by atoms with Crippen molar-refractivity contribution in [2.45, 2.75) is 12.0 Å². The normalized spacial score (nSPS) is 21.2. The lowest BCUT2D eigenvalue weighted by atomic mass is 9.92. The Balaban J connectivity index is 2.04. The molecule has 1 aromatic carbocycles. The minimum atomic E-state index is -1.41. The van der Waals surface area contributed by atoms with Crippen molar-refractivity contribution in [1.82, 2.24) is 4.98 Å². The number of carboxylic acids is 1. The zero-order chi connectivity index (χ0) is 15.9. The van der Waals surface area contributed by atoms with Crippen LogP contribution in [0.3, 0.4) is 0 Å². The Kier molecular flexibility index (Phi) is 3.67. The molecule has 0 saturated carbocycles. The number of ether oxygens (including phenoxy) is 1. The molecule has 22 heavy (non-hydrogen) atoms. The molecular formula is C14H11F2NO4S. The number of rotatable bonds is 3. The van der Waals surface area contributed by atoms with E-state index in [0.717, 1.165) is 23.5 Å². The highest BCUT2D eigenvalue weighted by Crippen LogP contribution is 2.35. The van der Waals surface area contributed by atoms with E-state index in [1.54, 1.807) is 0 Å². The quantitative estimate of drug-likeness (QED) is 0.905. The molecule has 116 valence electrons. The summed E-state index contributed by atoms with van der Waals surface area (Å²) in [6.45, 7) is 0.293. The molecule has 1 aliphatic heterocycles. The molecule has 2 aromatic rings. The molecule has 1 saturated heterocycles. The third kappa shape index (κ3) is 2.49. The van der Waals surface area contributed by atoms with E-state index in [-0.39, 0.29) is 29.3 Å². The van der Waals surface area contributed by atoms with Gasteiger partial charge in [-0.05, 0) is 17.7 Å². The first kappa shape index (κ1) is 15.0. The maximum absolute atomic E-state index is 14.3. The molecule has 1 aromatic heterocycles. The Morgan fingerprint density at radius 1 is 1.36 bits per heavy atom. The predicted octanol–water partition coefficient (Wildman–Crippen LogP) is 2.39. The van der Waals surface area contributed by atoms with Crippen molar-refractivity contribution in [2.75, 3.05) is 13.2 Å². The molecule has 0 spiro atoms. The summed E-state index contributed by atoms with van der Waals surface area (Å²) in [7, 11) is 0. The fourth-order valence-electron chi connectivity index (χ4n) is 2.31. The fraction of sp³-hybridized carbons (Fsp3) is 0.286. The first-order valence-electron chi connectivity index (χ1n) is 6.39. The number of hydrogen-bond acceptors (Lipinski definition) is 5. The average molecular weight is 327 g/mol. The summed E-state index contributed by atoms with van der Waals surface area (Å²) in [5, 5.41) is 20.3. The lowest BCUT2D eigenvalue weighted by molar-refractivity contribution is 0.0227. The van der Waals surface area contributed by atoms with Crippen LogP contribution >= 0.6 is 11.3 Å². The molecule has 1 atom stereocenters. The lowest BCUT2D eigenvalue weighted by Crippen LogP contribution is -2.26. The summed E-state index contributed by atoms with van der Waals surface area (Å²) in [5.41, 5.74) is -1.98. The van der Waals surface area contributed by atoms with Gasteiger partial charge in [-0.25, -0.2) is 18.6 Å². The molecular weight excluding hydrogens is 316 g/mol. The van der Waals surface area contributed by atoms with E-state index < -0.39 is 28.8 Å². The number of aromatic carboxylic acids is 1. The summed E-state index contributed by atoms with van der Waals surface area (Å²) in [5.74, 6) is -3.07. The largest absolute Gasteiger partial charge is 0.476 e. The van der Waals surface area contributed by atoms with Crippen LogP contribution in [0.1, 0.15) is 22.5 Å². The topological polar surface area (TPSA) is 79.7 Å². The van der Waals surface area contributed by atoms with Crippen LogP contribution < -0.4 is 0 Å². The van der Waals surface area contributed by atoms with Gasteiger partial charge in [-0.1, -0.05) is 0 Å². The van der Waals surface area contributed by atoms with Gasteiger partial charge in [0.05, 0.1) is 12.2 Å². The number of halogens is 2. The van der Waals surface area contributed by atoms with Crippen LogP contribution in [0.25, 0.3) is 10.6 Å². The molecule has 2 heterocycles. The van der Waals surface area contributed by atoms with E-state index in [1.807, 2.05) is 0 Å². The molecule has 3 rings (SSSR count). The van der Waals surface area contributed by atoms with E-state index in [2.05, 4.69) is 4.98 Å². The van der Waals surface area contributed by atoms with Crippen molar-refractivity contribution in [3.8, 4) is 10.6 Å². The maximum Gasteiger partial charge on any atom is 0.355 e. The van der Waals surface area contributed by atoms with Crippen LogP contribution in [0.2, 0.25) is 0 Å². The second-order valence-electron chi connectivity index (χ2n) is 4.99.